The van der Waals surface area contributed by atoms with Gasteiger partial charge in [0.1, 0.15) is 0 Å². The molecule has 0 fully saturated rings. The van der Waals surface area contributed by atoms with E-state index in [0.717, 1.165) is 18.4 Å². The summed E-state index contributed by atoms with van der Waals surface area (Å²) in [6.45, 7) is 0. The molecule has 102 valence electrons. The molecule has 1 unspecified atom stereocenters. The van der Waals surface area contributed by atoms with E-state index in [1.54, 1.807) is 0 Å². The molecule has 1 heterocycles. The first kappa shape index (κ1) is 12.3. The number of nitrogens with zero attached hydrogens (tertiary/aromatic N) is 1. The fraction of sp³-hybridized carbons (Fsp3) is 0.158. The van der Waals surface area contributed by atoms with Crippen LogP contribution in [0, 0.1) is 0 Å². The molecule has 0 N–H and O–H groups in total. The minimum Gasteiger partial charge on any atom is -0.287 e. The van der Waals surface area contributed by atoms with Crippen molar-refractivity contribution in [3.05, 3.63) is 78.1 Å². The lowest BCUT2D eigenvalue weighted by atomic mass is 9.87. The first-order valence-corrected chi connectivity index (χ1v) is 7.34. The Morgan fingerprint density at radius 3 is 2.57 bits per heavy atom. The smallest absolute Gasteiger partial charge is 0.230 e. The molecule has 2 nitrogen and oxygen atoms in total. The molecule has 0 spiro atoms. The van der Waals surface area contributed by atoms with Gasteiger partial charge in [-0.15, -0.1) is 0 Å². The number of fused-ring (bicyclic) bond motifs is 2. The molecule has 2 heteroatoms. The number of ketones is 1. The fourth-order valence-electron chi connectivity index (χ4n) is 3.21. The summed E-state index contributed by atoms with van der Waals surface area (Å²) < 4.78 is 2.07. The fourth-order valence-corrected chi connectivity index (χ4v) is 3.21. The summed E-state index contributed by atoms with van der Waals surface area (Å²) in [7, 11) is 0. The van der Waals surface area contributed by atoms with Crippen molar-refractivity contribution in [1.82, 2.24) is 0 Å². The van der Waals surface area contributed by atoms with Crippen molar-refractivity contribution < 1.29 is 9.36 Å². The van der Waals surface area contributed by atoms with Crippen molar-refractivity contribution in [1.29, 1.82) is 0 Å². The summed E-state index contributed by atoms with van der Waals surface area (Å²) in [4.78, 5) is 12.7. The number of benzene rings is 2. The molecule has 1 atom stereocenters. The summed E-state index contributed by atoms with van der Waals surface area (Å²) in [5.41, 5.74) is 2.06. The Labute approximate surface area is 123 Å². The summed E-state index contributed by atoms with van der Waals surface area (Å²) in [6.07, 6.45) is 5.95. The second-order valence-electron chi connectivity index (χ2n) is 5.60. The van der Waals surface area contributed by atoms with E-state index < -0.39 is 0 Å². The molecule has 1 aromatic heterocycles. The topological polar surface area (TPSA) is 20.9 Å². The van der Waals surface area contributed by atoms with Crippen LogP contribution in [-0.4, -0.2) is 5.78 Å². The van der Waals surface area contributed by atoms with Crippen LogP contribution in [0.3, 0.4) is 0 Å². The minimum absolute atomic E-state index is 0.0792. The molecule has 0 saturated carbocycles. The number of Topliss-reactive ketones (excluding diaryl/α,β-unsaturated/α-hetero) is 1. The predicted octanol–water partition coefficient (Wildman–Crippen LogP) is 3.50. The Morgan fingerprint density at radius 2 is 1.67 bits per heavy atom. The van der Waals surface area contributed by atoms with E-state index in [1.807, 2.05) is 36.5 Å². The maximum absolute atomic E-state index is 12.7. The molecule has 2 aromatic carbocycles. The number of carbonyl (C=O) groups is 1. The van der Waals surface area contributed by atoms with E-state index in [0.29, 0.717) is 0 Å². The first-order valence-electron chi connectivity index (χ1n) is 7.34. The zero-order valence-corrected chi connectivity index (χ0v) is 11.7. The van der Waals surface area contributed by atoms with Gasteiger partial charge in [0.25, 0.3) is 0 Å². The lowest BCUT2D eigenvalue weighted by Crippen LogP contribution is -2.45. The molecule has 21 heavy (non-hydrogen) atoms. The van der Waals surface area contributed by atoms with Gasteiger partial charge in [-0.2, -0.15) is 4.57 Å². The number of rotatable bonds is 1. The van der Waals surface area contributed by atoms with Crippen LogP contribution in [0.5, 0.6) is 0 Å². The van der Waals surface area contributed by atoms with Gasteiger partial charge in [0.15, 0.2) is 12.4 Å². The maximum atomic E-state index is 12.7. The Balaban J connectivity index is 1.78. The Bertz CT molecular complexity index is 838. The van der Waals surface area contributed by atoms with E-state index in [4.69, 9.17) is 0 Å². The van der Waals surface area contributed by atoms with Gasteiger partial charge < -0.3 is 0 Å². The van der Waals surface area contributed by atoms with E-state index in [1.165, 1.54) is 16.3 Å². The van der Waals surface area contributed by atoms with Gasteiger partial charge in [0.05, 0.1) is 0 Å². The monoisotopic (exact) mass is 274 g/mol. The van der Waals surface area contributed by atoms with Gasteiger partial charge in [-0.05, 0) is 23.4 Å². The van der Waals surface area contributed by atoms with Gasteiger partial charge in [-0.1, -0.05) is 42.5 Å². The normalized spacial score (nSPS) is 17.7. The highest BCUT2D eigenvalue weighted by Crippen LogP contribution is 2.25. The highest BCUT2D eigenvalue weighted by atomic mass is 16.1. The molecule has 0 amide bonds. The van der Waals surface area contributed by atoms with Crippen LogP contribution in [0.2, 0.25) is 0 Å². The molecule has 0 radical (unpaired) electrons. The average Bonchev–Trinajstić information content (AvgIpc) is 2.55. The van der Waals surface area contributed by atoms with Gasteiger partial charge in [-0.25, -0.2) is 0 Å². The number of pyridine rings is 1. The summed E-state index contributed by atoms with van der Waals surface area (Å²) >= 11 is 0. The average molecular weight is 274 g/mol. The van der Waals surface area contributed by atoms with Crippen LogP contribution >= 0.6 is 0 Å². The SMILES string of the molecule is O=C1c2ccccc2CCC1[n+]1ccc2ccccc2c1. The van der Waals surface area contributed by atoms with Crippen LogP contribution in [0.4, 0.5) is 0 Å². The van der Waals surface area contributed by atoms with Gasteiger partial charge in [-0.3, -0.25) is 4.79 Å². The van der Waals surface area contributed by atoms with Crippen LogP contribution in [-0.2, 0) is 6.42 Å². The second-order valence-corrected chi connectivity index (χ2v) is 5.60. The van der Waals surface area contributed by atoms with E-state index in [9.17, 15) is 4.79 Å². The number of hydrogen-bond acceptors (Lipinski definition) is 1. The molecule has 0 saturated heterocycles. The van der Waals surface area contributed by atoms with Crippen molar-refractivity contribution in [3.8, 4) is 0 Å². The lowest BCUT2D eigenvalue weighted by Gasteiger charge is -2.19. The zero-order valence-electron chi connectivity index (χ0n) is 11.7. The maximum Gasteiger partial charge on any atom is 0.230 e. The molecule has 1 aliphatic carbocycles. The summed E-state index contributed by atoms with van der Waals surface area (Å²) in [5.74, 6) is 0.233. The van der Waals surface area contributed by atoms with Crippen molar-refractivity contribution in [2.24, 2.45) is 0 Å². The first-order chi connectivity index (χ1) is 10.3. The molecular weight excluding hydrogens is 258 g/mol. The predicted molar refractivity (Wildman–Crippen MR) is 82.3 cm³/mol. The van der Waals surface area contributed by atoms with Crippen molar-refractivity contribution in [3.63, 3.8) is 0 Å². The Kier molecular flexibility index (Phi) is 2.81. The summed E-state index contributed by atoms with van der Waals surface area (Å²) in [6, 6.07) is 18.2. The van der Waals surface area contributed by atoms with Crippen molar-refractivity contribution in [2.45, 2.75) is 18.9 Å². The molecule has 3 aromatic rings. The third-order valence-electron chi connectivity index (χ3n) is 4.34. The van der Waals surface area contributed by atoms with Crippen LogP contribution in [0.15, 0.2) is 67.0 Å². The standard InChI is InChI=1S/C19H16NO/c21-19-17-8-4-3-6-15(17)9-10-18(19)20-12-11-14-5-1-2-7-16(14)13-20/h1-8,11-13,18H,9-10H2/q+1. The lowest BCUT2D eigenvalue weighted by molar-refractivity contribution is -0.707. The van der Waals surface area contributed by atoms with Gasteiger partial charge in [0.2, 0.25) is 11.8 Å². The molecular formula is C19H16NO+. The third kappa shape index (κ3) is 2.04. The molecule has 0 aliphatic heterocycles. The third-order valence-corrected chi connectivity index (χ3v) is 4.34. The number of carbonyl (C=O) groups excluding carboxylic acids is 1. The van der Waals surface area contributed by atoms with Gasteiger partial charge in [0, 0.05) is 23.4 Å². The van der Waals surface area contributed by atoms with Crippen LogP contribution in [0.25, 0.3) is 10.8 Å². The highest BCUT2D eigenvalue weighted by Gasteiger charge is 2.33. The Morgan fingerprint density at radius 1 is 0.905 bits per heavy atom. The highest BCUT2D eigenvalue weighted by molar-refractivity contribution is 6.00. The van der Waals surface area contributed by atoms with Crippen molar-refractivity contribution >= 4 is 16.6 Å². The number of aryl methyl sites for hydroxylation is 1. The number of aromatic nitrogens is 1. The van der Waals surface area contributed by atoms with E-state index in [2.05, 4.69) is 35.0 Å². The van der Waals surface area contributed by atoms with E-state index >= 15 is 0 Å². The van der Waals surface area contributed by atoms with Gasteiger partial charge >= 0.3 is 0 Å². The summed E-state index contributed by atoms with van der Waals surface area (Å²) in [5, 5.41) is 2.38. The number of hydrogen-bond donors (Lipinski definition) is 0. The Hall–Kier alpha value is -2.48. The van der Waals surface area contributed by atoms with E-state index in [-0.39, 0.29) is 11.8 Å². The molecule has 0 bridgehead atoms. The zero-order chi connectivity index (χ0) is 14.2. The quantitative estimate of drug-likeness (QED) is 0.622. The molecule has 4 rings (SSSR count). The second kappa shape index (κ2) is 4.81. The minimum atomic E-state index is -0.0792. The van der Waals surface area contributed by atoms with Crippen molar-refractivity contribution in [2.75, 3.05) is 0 Å². The van der Waals surface area contributed by atoms with Crippen LogP contribution < -0.4 is 4.57 Å². The largest absolute Gasteiger partial charge is 0.287 e. The van der Waals surface area contributed by atoms with Crippen LogP contribution in [0.1, 0.15) is 28.4 Å². The molecule has 1 aliphatic rings.